The SMILES string of the molecule is CC(C)[Si](OS1(=O)=C([Si](C)(C)C(C)(C)C)S(=O)(O[Si](C(C)C)(C(C)C)C(C)C)=C1[Si](C)(C)C(C)(C)C)(C(C)C)C(C)C. The Morgan fingerprint density at radius 2 is 0.619 bits per heavy atom. The van der Waals surface area contributed by atoms with Crippen LogP contribution in [0.15, 0.2) is 0 Å². The van der Waals surface area contributed by atoms with Crippen LogP contribution in [0.3, 0.4) is 0 Å². The molecule has 0 aromatic carbocycles. The molecule has 0 aromatic heterocycles. The minimum atomic E-state index is -3.16. The maximum Gasteiger partial charge on any atom is 0.221 e. The highest BCUT2D eigenvalue weighted by Gasteiger charge is 2.65. The first-order valence-electron chi connectivity index (χ1n) is 16.6. The largest absolute Gasteiger partial charge is 0.337 e. The van der Waals surface area contributed by atoms with Gasteiger partial charge in [-0.1, -0.05) is 151 Å². The first-order chi connectivity index (χ1) is 18.3. The predicted molar refractivity (Wildman–Crippen MR) is 205 cm³/mol. The van der Waals surface area contributed by atoms with Crippen molar-refractivity contribution in [2.45, 2.75) is 194 Å². The molecular weight excluding hydrogens is 625 g/mol. The van der Waals surface area contributed by atoms with E-state index in [0.29, 0.717) is 7.64 Å². The number of hydrogen-bond acceptors (Lipinski definition) is 4. The summed E-state index contributed by atoms with van der Waals surface area (Å²) in [6.45, 7) is 49.7. The normalized spacial score (nSPS) is 23.8. The second kappa shape index (κ2) is 12.5. The summed E-state index contributed by atoms with van der Waals surface area (Å²) in [7, 11) is -16.8. The Bertz CT molecular complexity index is 1070. The number of hydrogen-bond donors (Lipinski definition) is 0. The van der Waals surface area contributed by atoms with Gasteiger partial charge in [-0.25, -0.2) is 8.42 Å². The van der Waals surface area contributed by atoms with Gasteiger partial charge >= 0.3 is 0 Å². The van der Waals surface area contributed by atoms with E-state index in [4.69, 9.17) is 7.74 Å². The maximum atomic E-state index is 16.4. The van der Waals surface area contributed by atoms with Crippen LogP contribution < -0.4 is 0 Å². The molecule has 0 radical (unpaired) electrons. The quantitative estimate of drug-likeness (QED) is 0.151. The molecule has 0 saturated heterocycles. The van der Waals surface area contributed by atoms with Gasteiger partial charge in [0.15, 0.2) is 0 Å². The summed E-state index contributed by atoms with van der Waals surface area (Å²) in [4.78, 5) is 0. The van der Waals surface area contributed by atoms with E-state index in [1.54, 1.807) is 0 Å². The van der Waals surface area contributed by atoms with Crippen molar-refractivity contribution in [2.75, 3.05) is 0 Å². The van der Waals surface area contributed by atoms with Gasteiger partial charge in [0.05, 0.1) is 7.64 Å². The predicted octanol–water partition coefficient (Wildman–Crippen LogP) is 11.1. The lowest BCUT2D eigenvalue weighted by molar-refractivity contribution is 0.497. The van der Waals surface area contributed by atoms with Gasteiger partial charge in [0.25, 0.3) is 0 Å². The van der Waals surface area contributed by atoms with Crippen molar-refractivity contribution in [1.29, 1.82) is 0 Å². The third kappa shape index (κ3) is 6.12. The molecule has 0 aromatic rings. The van der Waals surface area contributed by atoms with Crippen molar-refractivity contribution in [3.05, 3.63) is 0 Å². The van der Waals surface area contributed by atoms with E-state index in [0.717, 1.165) is 0 Å². The van der Waals surface area contributed by atoms with Crippen molar-refractivity contribution in [1.82, 2.24) is 0 Å². The fourth-order valence-corrected chi connectivity index (χ4v) is 48.8. The smallest absolute Gasteiger partial charge is 0.221 e. The average Bonchev–Trinajstić information content (AvgIpc) is 2.71. The average molecular weight is 697 g/mol. The number of rotatable bonds is 12. The van der Waals surface area contributed by atoms with Crippen LogP contribution in [0.5, 0.6) is 0 Å². The lowest BCUT2D eigenvalue weighted by atomic mass is 10.2. The van der Waals surface area contributed by atoms with Crippen molar-refractivity contribution >= 4 is 60.0 Å². The summed E-state index contributed by atoms with van der Waals surface area (Å²) in [5, 5.41) is -0.344. The molecule has 0 saturated carbocycles. The standard InChI is InChI=1S/C32H72O4S2Si4/c1-23(2)41(24(3)4,25(5)6)35-37(33)29(39(19,20)31(13,14)15)38(34,30(37)40(21,22)32(16,17)18)36-42(26(7)8,27(9)10)28(11)12/h23-28H,1-22H3. The topological polar surface area (TPSA) is 52.6 Å². The Morgan fingerprint density at radius 1 is 0.452 bits per heavy atom. The molecule has 0 aliphatic carbocycles. The molecule has 0 unspecified atom stereocenters. The Balaban J connectivity index is 4.71. The third-order valence-corrected chi connectivity index (χ3v) is 50.2. The van der Waals surface area contributed by atoms with Gasteiger partial charge in [-0.2, -0.15) is 0 Å². The van der Waals surface area contributed by atoms with Crippen LogP contribution in [0, 0.1) is 0 Å². The molecule has 1 rings (SSSR count). The van der Waals surface area contributed by atoms with E-state index in [1.807, 2.05) is 0 Å². The van der Waals surface area contributed by atoms with Crippen molar-refractivity contribution in [2.24, 2.45) is 0 Å². The van der Waals surface area contributed by atoms with Gasteiger partial charge in [0.1, 0.15) is 35.8 Å². The first-order valence-corrected chi connectivity index (χ1v) is 29.8. The van der Waals surface area contributed by atoms with Gasteiger partial charge in [0.2, 0.25) is 16.6 Å². The zero-order valence-corrected chi connectivity index (χ0v) is 37.5. The lowest BCUT2D eigenvalue weighted by Gasteiger charge is -2.56. The van der Waals surface area contributed by atoms with Gasteiger partial charge in [0, 0.05) is 0 Å². The molecule has 4 nitrogen and oxygen atoms in total. The fourth-order valence-electron chi connectivity index (χ4n) is 7.51. The molecule has 1 heterocycles. The van der Waals surface area contributed by atoms with Crippen LogP contribution in [0.4, 0.5) is 0 Å². The van der Waals surface area contributed by atoms with Gasteiger partial charge in [-0.15, -0.1) is 0 Å². The van der Waals surface area contributed by atoms with Crippen LogP contribution in [-0.2, 0) is 27.3 Å². The Hall–Kier alpha value is 0.828. The van der Waals surface area contributed by atoms with Crippen molar-refractivity contribution in [3.63, 3.8) is 0 Å². The summed E-state index contributed by atoms with van der Waals surface area (Å²) in [6, 6.07) is 0. The molecule has 1 aliphatic rings. The minimum absolute atomic E-state index is 0.172. The van der Waals surface area contributed by atoms with Crippen LogP contribution in [0.1, 0.15) is 125 Å². The maximum absolute atomic E-state index is 16.4. The lowest BCUT2D eigenvalue weighted by Crippen LogP contribution is -2.71. The van der Waals surface area contributed by atoms with Crippen LogP contribution in [-0.4, -0.2) is 48.8 Å². The van der Waals surface area contributed by atoms with E-state index in [1.165, 1.54) is 0 Å². The van der Waals surface area contributed by atoms with Gasteiger partial charge in [-0.05, 0) is 43.3 Å². The van der Waals surface area contributed by atoms with Crippen molar-refractivity contribution < 1.29 is 16.2 Å². The molecule has 0 atom stereocenters. The van der Waals surface area contributed by atoms with E-state index in [-0.39, 0.29) is 43.3 Å². The molecule has 0 bridgehead atoms. The second-order valence-electron chi connectivity index (χ2n) is 18.1. The van der Waals surface area contributed by atoms with E-state index in [9.17, 15) is 0 Å². The van der Waals surface area contributed by atoms with Crippen molar-refractivity contribution in [3.8, 4) is 0 Å². The Kier molecular flexibility index (Phi) is 12.1. The minimum Gasteiger partial charge on any atom is -0.337 e. The Labute approximate surface area is 269 Å². The van der Waals surface area contributed by atoms with Gasteiger partial charge < -0.3 is 7.74 Å². The summed E-state index contributed by atoms with van der Waals surface area (Å²) < 4.78 is 49.3. The van der Waals surface area contributed by atoms with Crippen LogP contribution in [0.2, 0.25) is 69.5 Å². The molecule has 0 fully saturated rings. The fraction of sp³-hybridized carbons (Fsp3) is 0.938. The molecule has 0 spiro atoms. The summed E-state index contributed by atoms with van der Waals surface area (Å²) in [5.41, 5.74) is 1.61. The zero-order valence-electron chi connectivity index (χ0n) is 31.9. The van der Waals surface area contributed by atoms with E-state index in [2.05, 4.69) is 151 Å². The molecule has 1 aliphatic heterocycles. The zero-order chi connectivity index (χ0) is 34.0. The highest BCUT2D eigenvalue weighted by molar-refractivity contribution is 8.53. The van der Waals surface area contributed by atoms with E-state index < -0.39 is 52.4 Å². The van der Waals surface area contributed by atoms with Crippen LogP contribution >= 0.6 is 0 Å². The molecule has 42 heavy (non-hydrogen) atoms. The highest BCUT2D eigenvalue weighted by atomic mass is 32.3. The molecule has 0 amide bonds. The highest BCUT2D eigenvalue weighted by Crippen LogP contribution is 2.54. The van der Waals surface area contributed by atoms with E-state index >= 15 is 8.42 Å². The molecular formula is C32H72O4S2Si4. The Morgan fingerprint density at radius 3 is 0.738 bits per heavy atom. The summed E-state index contributed by atoms with van der Waals surface area (Å²) in [5.74, 6) is 0. The van der Waals surface area contributed by atoms with Crippen LogP contribution in [0.25, 0.3) is 0 Å². The molecule has 252 valence electrons. The second-order valence-corrected chi connectivity index (χ2v) is 45.9. The molecule has 0 N–H and O–H groups in total. The first kappa shape index (κ1) is 40.9. The van der Waals surface area contributed by atoms with Gasteiger partial charge in [-0.3, -0.25) is 0 Å². The molecule has 10 heteroatoms. The third-order valence-electron chi connectivity index (χ3n) is 11.7. The summed E-state index contributed by atoms with van der Waals surface area (Å²) in [6.07, 6.45) is 0. The monoisotopic (exact) mass is 696 g/mol. The summed E-state index contributed by atoms with van der Waals surface area (Å²) >= 11 is 0.